The Morgan fingerprint density at radius 3 is 2.53 bits per heavy atom. The molecule has 3 aliphatic rings. The van der Waals surface area contributed by atoms with Gasteiger partial charge in [0.05, 0.1) is 0 Å². The Morgan fingerprint density at radius 2 is 1.74 bits per heavy atom. The highest BCUT2D eigenvalue weighted by Crippen LogP contribution is 2.32. The Hall–Kier alpha value is -2.81. The van der Waals surface area contributed by atoms with E-state index in [1.807, 2.05) is 18.2 Å². The van der Waals surface area contributed by atoms with Crippen molar-refractivity contribution in [3.63, 3.8) is 0 Å². The van der Waals surface area contributed by atoms with Gasteiger partial charge in [-0.1, -0.05) is 19.9 Å². The highest BCUT2D eigenvalue weighted by Gasteiger charge is 2.23. The first-order chi connectivity index (χ1) is 16.5. The Kier molecular flexibility index (Phi) is 6.89. The van der Waals surface area contributed by atoms with Crippen molar-refractivity contribution >= 4 is 34.9 Å². The van der Waals surface area contributed by atoms with Gasteiger partial charge in [0, 0.05) is 38.8 Å². The number of ether oxygens (including phenoxy) is 2. The molecule has 34 heavy (non-hydrogen) atoms. The van der Waals surface area contributed by atoms with Crippen molar-refractivity contribution in [2.45, 2.75) is 46.1 Å². The summed E-state index contributed by atoms with van der Waals surface area (Å²) in [4.78, 5) is 14.5. The maximum atomic E-state index is 5.58. The summed E-state index contributed by atoms with van der Waals surface area (Å²) < 4.78 is 10.9. The first-order valence-electron chi connectivity index (χ1n) is 12.4. The number of thiocarbonyl (C=S) groups is 1. The molecular weight excluding hydrogens is 448 g/mol. The van der Waals surface area contributed by atoms with Gasteiger partial charge in [0.25, 0.3) is 0 Å². The van der Waals surface area contributed by atoms with Gasteiger partial charge in [-0.2, -0.15) is 9.97 Å². The summed E-state index contributed by atoms with van der Waals surface area (Å²) in [7, 11) is 0. The molecule has 3 aliphatic heterocycles. The minimum absolute atomic E-state index is 0.272. The van der Waals surface area contributed by atoms with E-state index in [0.717, 1.165) is 60.8 Å². The third kappa shape index (κ3) is 5.46. The van der Waals surface area contributed by atoms with Crippen LogP contribution in [0.5, 0.6) is 11.5 Å². The van der Waals surface area contributed by atoms with E-state index in [1.165, 1.54) is 25.7 Å². The number of benzene rings is 1. The molecule has 9 heteroatoms. The molecule has 1 atom stereocenters. The van der Waals surface area contributed by atoms with Crippen LogP contribution in [0, 0.1) is 11.8 Å². The molecule has 0 amide bonds. The molecule has 2 saturated heterocycles. The molecule has 1 aromatic heterocycles. The highest BCUT2D eigenvalue weighted by molar-refractivity contribution is 7.80. The molecule has 182 valence electrons. The van der Waals surface area contributed by atoms with Crippen molar-refractivity contribution < 1.29 is 9.47 Å². The molecule has 0 radical (unpaired) electrons. The van der Waals surface area contributed by atoms with Crippen LogP contribution in [0.1, 0.15) is 45.1 Å². The number of nitrogens with one attached hydrogen (secondary N) is 2. The van der Waals surface area contributed by atoms with Gasteiger partial charge in [0.2, 0.25) is 12.7 Å². The highest BCUT2D eigenvalue weighted by atomic mass is 32.1. The van der Waals surface area contributed by atoms with E-state index >= 15 is 0 Å². The van der Waals surface area contributed by atoms with Gasteiger partial charge in [-0.05, 0) is 67.4 Å². The SMILES string of the molecule is CC1CCN(c2cc(N3CCC[C@@H](C)C3)nc(NC(=S)NCc3ccc4c(c3)OCO4)n2)CC1. The second-order valence-corrected chi connectivity index (χ2v) is 10.2. The average molecular weight is 483 g/mol. The van der Waals surface area contributed by atoms with E-state index in [-0.39, 0.29) is 6.79 Å². The zero-order chi connectivity index (χ0) is 23.5. The molecule has 0 aliphatic carbocycles. The van der Waals surface area contributed by atoms with Gasteiger partial charge in [-0.3, -0.25) is 0 Å². The molecule has 5 rings (SSSR count). The molecule has 1 aromatic carbocycles. The second-order valence-electron chi connectivity index (χ2n) is 9.77. The lowest BCUT2D eigenvalue weighted by Crippen LogP contribution is -2.37. The largest absolute Gasteiger partial charge is 0.454 e. The average Bonchev–Trinajstić information content (AvgIpc) is 3.31. The predicted octanol–water partition coefficient (Wildman–Crippen LogP) is 4.16. The zero-order valence-corrected chi connectivity index (χ0v) is 20.9. The number of hydrogen-bond acceptors (Lipinski definition) is 7. The molecule has 2 fully saturated rings. The summed E-state index contributed by atoms with van der Waals surface area (Å²) in [6, 6.07) is 8.06. The van der Waals surface area contributed by atoms with Gasteiger partial charge in [0.1, 0.15) is 11.6 Å². The molecule has 2 aromatic rings. The van der Waals surface area contributed by atoms with Crippen LogP contribution in [0.2, 0.25) is 0 Å². The summed E-state index contributed by atoms with van der Waals surface area (Å²) in [5, 5.41) is 7.00. The van der Waals surface area contributed by atoms with Gasteiger partial charge >= 0.3 is 0 Å². The van der Waals surface area contributed by atoms with E-state index in [1.54, 1.807) is 0 Å². The van der Waals surface area contributed by atoms with Crippen LogP contribution in [-0.4, -0.2) is 48.1 Å². The van der Waals surface area contributed by atoms with Crippen LogP contribution >= 0.6 is 12.2 Å². The van der Waals surface area contributed by atoms with Crippen molar-refractivity contribution in [2.24, 2.45) is 11.8 Å². The summed E-state index contributed by atoms with van der Waals surface area (Å²) in [5.74, 6) is 5.50. The van der Waals surface area contributed by atoms with Crippen molar-refractivity contribution in [1.82, 2.24) is 15.3 Å². The van der Waals surface area contributed by atoms with Crippen molar-refractivity contribution in [1.29, 1.82) is 0 Å². The molecule has 0 spiro atoms. The standard InChI is InChI=1S/C25H34N6O2S/c1-17-7-10-30(11-8-17)22-13-23(31-9-3-4-18(2)15-31)28-24(27-22)29-25(34)26-14-19-5-6-20-21(12-19)33-16-32-20/h5-6,12-13,17-18H,3-4,7-11,14-16H2,1-2H3,(H2,26,27,28,29,34)/t18-/m1/s1. The number of nitrogens with zero attached hydrogens (tertiary/aromatic N) is 4. The normalized spacial score (nSPS) is 20.4. The molecule has 0 unspecified atom stereocenters. The summed E-state index contributed by atoms with van der Waals surface area (Å²) in [5.41, 5.74) is 1.06. The van der Waals surface area contributed by atoms with Gasteiger partial charge in [0.15, 0.2) is 16.6 Å². The molecular formula is C25H34N6O2S. The number of piperidine rings is 2. The van der Waals surface area contributed by atoms with Crippen LogP contribution < -0.4 is 29.9 Å². The van der Waals surface area contributed by atoms with Gasteiger partial charge in [-0.25, -0.2) is 0 Å². The topological polar surface area (TPSA) is 74.8 Å². The van der Waals surface area contributed by atoms with Crippen molar-refractivity contribution in [3.8, 4) is 11.5 Å². The fraction of sp³-hybridized carbons (Fsp3) is 0.560. The Balaban J connectivity index is 1.29. The summed E-state index contributed by atoms with van der Waals surface area (Å²) >= 11 is 5.58. The van der Waals surface area contributed by atoms with E-state index in [4.69, 9.17) is 31.7 Å². The zero-order valence-electron chi connectivity index (χ0n) is 20.0. The van der Waals surface area contributed by atoms with E-state index < -0.39 is 0 Å². The third-order valence-corrected chi connectivity index (χ3v) is 7.15. The minimum Gasteiger partial charge on any atom is -0.454 e. The molecule has 4 heterocycles. The molecule has 0 saturated carbocycles. The number of anilines is 3. The van der Waals surface area contributed by atoms with Crippen LogP contribution in [-0.2, 0) is 6.54 Å². The molecule has 0 bridgehead atoms. The predicted molar refractivity (Wildman–Crippen MR) is 139 cm³/mol. The smallest absolute Gasteiger partial charge is 0.232 e. The number of rotatable bonds is 5. The Bertz CT molecular complexity index is 1030. The van der Waals surface area contributed by atoms with Crippen LogP contribution in [0.15, 0.2) is 24.3 Å². The van der Waals surface area contributed by atoms with E-state index in [2.05, 4.69) is 40.3 Å². The number of aromatic nitrogens is 2. The lowest BCUT2D eigenvalue weighted by Gasteiger charge is -2.34. The first-order valence-corrected chi connectivity index (χ1v) is 12.8. The molecule has 2 N–H and O–H groups in total. The Morgan fingerprint density at radius 1 is 0.971 bits per heavy atom. The third-order valence-electron chi connectivity index (χ3n) is 6.90. The fourth-order valence-electron chi connectivity index (χ4n) is 4.82. The maximum absolute atomic E-state index is 5.58. The molecule has 8 nitrogen and oxygen atoms in total. The monoisotopic (exact) mass is 482 g/mol. The number of hydrogen-bond donors (Lipinski definition) is 2. The summed E-state index contributed by atoms with van der Waals surface area (Å²) in [6.45, 7) is 9.60. The second kappa shape index (κ2) is 10.2. The summed E-state index contributed by atoms with van der Waals surface area (Å²) in [6.07, 6.45) is 4.86. The maximum Gasteiger partial charge on any atom is 0.232 e. The fourth-order valence-corrected chi connectivity index (χ4v) is 4.98. The van der Waals surface area contributed by atoms with E-state index in [9.17, 15) is 0 Å². The minimum atomic E-state index is 0.272. The van der Waals surface area contributed by atoms with Crippen molar-refractivity contribution in [2.75, 3.05) is 48.1 Å². The lowest BCUT2D eigenvalue weighted by molar-refractivity contribution is 0.174. The van der Waals surface area contributed by atoms with E-state index in [0.29, 0.717) is 23.5 Å². The quantitative estimate of drug-likeness (QED) is 0.611. The van der Waals surface area contributed by atoms with Gasteiger partial charge < -0.3 is 29.9 Å². The number of fused-ring (bicyclic) bond motifs is 1. The lowest BCUT2D eigenvalue weighted by atomic mass is 9.99. The van der Waals surface area contributed by atoms with Crippen LogP contribution in [0.25, 0.3) is 0 Å². The Labute approximate surface area is 207 Å². The van der Waals surface area contributed by atoms with Crippen molar-refractivity contribution in [3.05, 3.63) is 29.8 Å². The van der Waals surface area contributed by atoms with Crippen LogP contribution in [0.4, 0.5) is 17.6 Å². The van der Waals surface area contributed by atoms with Gasteiger partial charge in [-0.15, -0.1) is 0 Å². The first kappa shape index (κ1) is 23.0. The van der Waals surface area contributed by atoms with Crippen LogP contribution in [0.3, 0.4) is 0 Å².